The van der Waals surface area contributed by atoms with Crippen LogP contribution in [0.1, 0.15) is 59.3 Å². The van der Waals surface area contributed by atoms with E-state index in [1.54, 1.807) is 0 Å². The molecule has 0 aromatic heterocycles. The van der Waals surface area contributed by atoms with Gasteiger partial charge in [-0.3, -0.25) is 0 Å². The Morgan fingerprint density at radius 1 is 1.09 bits per heavy atom. The van der Waals surface area contributed by atoms with Gasteiger partial charge in [0.2, 0.25) is 0 Å². The fourth-order valence-electron chi connectivity index (χ4n) is 3.95. The van der Waals surface area contributed by atoms with Gasteiger partial charge in [0.1, 0.15) is 0 Å². The summed E-state index contributed by atoms with van der Waals surface area (Å²) in [5.74, 6) is -0.147. The van der Waals surface area contributed by atoms with Gasteiger partial charge in [-0.15, -0.1) is 0 Å². The van der Waals surface area contributed by atoms with E-state index in [1.165, 1.54) is 11.1 Å². The van der Waals surface area contributed by atoms with Gasteiger partial charge in [0.25, 0.3) is 0 Å². The molecule has 0 spiro atoms. The Morgan fingerprint density at radius 3 is 2.43 bits per heavy atom. The highest BCUT2D eigenvalue weighted by molar-refractivity contribution is 5.23. The summed E-state index contributed by atoms with van der Waals surface area (Å²) in [5.41, 5.74) is 3.11. The highest BCUT2D eigenvalue weighted by atomic mass is 16.3. The van der Waals surface area contributed by atoms with Crippen molar-refractivity contribution in [2.45, 2.75) is 71.5 Å². The average Bonchev–Trinajstić information content (AvgIpc) is 2.51. The first-order valence-corrected chi connectivity index (χ1v) is 8.87. The van der Waals surface area contributed by atoms with Crippen molar-refractivity contribution in [3.63, 3.8) is 0 Å². The van der Waals surface area contributed by atoms with Gasteiger partial charge in [-0.05, 0) is 57.9 Å². The highest BCUT2D eigenvalue weighted by Gasteiger charge is 2.44. The maximum atomic E-state index is 10.7. The van der Waals surface area contributed by atoms with E-state index in [2.05, 4.69) is 26.0 Å². The van der Waals surface area contributed by atoms with Gasteiger partial charge in [-0.2, -0.15) is 0 Å². The molecule has 0 aliphatic heterocycles. The zero-order valence-corrected chi connectivity index (χ0v) is 14.8. The predicted molar refractivity (Wildman–Crippen MR) is 94.0 cm³/mol. The highest BCUT2D eigenvalue weighted by Crippen LogP contribution is 2.42. The maximum absolute atomic E-state index is 10.7. The van der Waals surface area contributed by atoms with E-state index < -0.39 is 17.6 Å². The first kappa shape index (κ1) is 18.4. The Bertz CT molecular complexity index is 503. The van der Waals surface area contributed by atoms with E-state index in [0.717, 1.165) is 44.1 Å². The van der Waals surface area contributed by atoms with Crippen LogP contribution in [0.2, 0.25) is 0 Å². The molecule has 4 atom stereocenters. The predicted octanol–water partition coefficient (Wildman–Crippen LogP) is 3.51. The number of fused-ring (bicyclic) bond motifs is 8. The first-order chi connectivity index (χ1) is 10.9. The smallest absolute Gasteiger partial charge is 0.0892 e. The first-order valence-electron chi connectivity index (χ1n) is 8.87. The van der Waals surface area contributed by atoms with Gasteiger partial charge in [0, 0.05) is 11.3 Å². The van der Waals surface area contributed by atoms with Crippen molar-refractivity contribution in [1.82, 2.24) is 0 Å². The van der Waals surface area contributed by atoms with Crippen LogP contribution in [0.4, 0.5) is 0 Å². The van der Waals surface area contributed by atoms with Crippen molar-refractivity contribution in [3.8, 4) is 0 Å². The van der Waals surface area contributed by atoms with Crippen LogP contribution in [0, 0.1) is 11.3 Å². The van der Waals surface area contributed by atoms with Gasteiger partial charge < -0.3 is 15.3 Å². The molecule has 130 valence electrons. The van der Waals surface area contributed by atoms with Crippen molar-refractivity contribution in [3.05, 3.63) is 34.9 Å². The molecule has 3 nitrogen and oxygen atoms in total. The minimum absolute atomic E-state index is 0.0400. The molecule has 0 saturated heterocycles. The van der Waals surface area contributed by atoms with Crippen molar-refractivity contribution >= 4 is 0 Å². The van der Waals surface area contributed by atoms with E-state index in [9.17, 15) is 15.3 Å². The average molecular weight is 320 g/mol. The van der Waals surface area contributed by atoms with E-state index in [0.29, 0.717) is 0 Å². The molecular formula is C20H32O3. The van der Waals surface area contributed by atoms with Crippen LogP contribution in [-0.4, -0.2) is 34.1 Å². The molecule has 23 heavy (non-hydrogen) atoms. The fraction of sp³-hybridized carbons (Fsp3) is 0.700. The quantitative estimate of drug-likeness (QED) is 0.648. The van der Waals surface area contributed by atoms with Gasteiger partial charge in [0.15, 0.2) is 0 Å². The molecule has 0 saturated carbocycles. The lowest BCUT2D eigenvalue weighted by Gasteiger charge is -2.43. The summed E-state index contributed by atoms with van der Waals surface area (Å²) in [4.78, 5) is 0. The largest absolute Gasteiger partial charge is 0.392 e. The molecule has 2 bridgehead atoms. The lowest BCUT2D eigenvalue weighted by atomic mass is 9.66. The van der Waals surface area contributed by atoms with E-state index >= 15 is 0 Å². The minimum Gasteiger partial charge on any atom is -0.392 e. The molecule has 0 aromatic carbocycles. The zero-order chi connectivity index (χ0) is 17.0. The summed E-state index contributed by atoms with van der Waals surface area (Å²) in [6, 6.07) is 0. The molecule has 3 N–H and O–H groups in total. The summed E-state index contributed by atoms with van der Waals surface area (Å²) in [5, 5.41) is 31.1. The standard InChI is InChI=1S/C20H32O3/c1-14-6-4-7-15(2)9-10-17-16(13-21)12-20(3,11-5-8-14)19(23)18(17)22/h7-8,12,17-19,21-23H,4-6,9-11,13H2,1-3H3/b14-8-,15-7-/t17-,18-,19-,20-/m1/s1. The molecule has 3 heteroatoms. The molecule has 0 radical (unpaired) electrons. The summed E-state index contributed by atoms with van der Waals surface area (Å²) in [7, 11) is 0. The van der Waals surface area contributed by atoms with E-state index in [1.807, 2.05) is 13.0 Å². The van der Waals surface area contributed by atoms with Crippen LogP contribution >= 0.6 is 0 Å². The van der Waals surface area contributed by atoms with Crippen LogP contribution in [0.15, 0.2) is 34.9 Å². The van der Waals surface area contributed by atoms with Crippen LogP contribution in [0.25, 0.3) is 0 Å². The Morgan fingerprint density at radius 2 is 1.74 bits per heavy atom. The molecule has 3 rings (SSSR count). The summed E-state index contributed by atoms with van der Waals surface area (Å²) < 4.78 is 0. The van der Waals surface area contributed by atoms with Gasteiger partial charge in [0.05, 0.1) is 18.8 Å². The van der Waals surface area contributed by atoms with Gasteiger partial charge in [-0.1, -0.05) is 36.3 Å². The summed E-state index contributed by atoms with van der Waals surface area (Å²) >= 11 is 0. The summed E-state index contributed by atoms with van der Waals surface area (Å²) in [6.45, 7) is 6.24. The third kappa shape index (κ3) is 4.34. The van der Waals surface area contributed by atoms with E-state index in [-0.39, 0.29) is 12.5 Å². The van der Waals surface area contributed by atoms with Crippen LogP contribution in [0.5, 0.6) is 0 Å². The zero-order valence-electron chi connectivity index (χ0n) is 14.8. The van der Waals surface area contributed by atoms with Gasteiger partial charge >= 0.3 is 0 Å². The fourth-order valence-corrected chi connectivity index (χ4v) is 3.95. The lowest BCUT2D eigenvalue weighted by Crippen LogP contribution is -2.49. The molecule has 0 amide bonds. The van der Waals surface area contributed by atoms with E-state index in [4.69, 9.17) is 0 Å². The molecule has 0 aromatic rings. The summed E-state index contributed by atoms with van der Waals surface area (Å²) in [6.07, 6.45) is 10.5. The van der Waals surface area contributed by atoms with Crippen LogP contribution < -0.4 is 0 Å². The van der Waals surface area contributed by atoms with Crippen molar-refractivity contribution in [2.24, 2.45) is 11.3 Å². The molecule has 3 aliphatic rings. The van der Waals surface area contributed by atoms with Gasteiger partial charge in [-0.25, -0.2) is 0 Å². The van der Waals surface area contributed by atoms with Crippen LogP contribution in [-0.2, 0) is 0 Å². The number of aliphatic hydroxyl groups is 3. The van der Waals surface area contributed by atoms with Crippen molar-refractivity contribution < 1.29 is 15.3 Å². The number of allylic oxidation sites excluding steroid dienone is 4. The molecule has 3 aliphatic carbocycles. The van der Waals surface area contributed by atoms with Crippen LogP contribution in [0.3, 0.4) is 0 Å². The van der Waals surface area contributed by atoms with Crippen molar-refractivity contribution in [2.75, 3.05) is 6.61 Å². The number of aliphatic hydroxyl groups excluding tert-OH is 3. The molecular weight excluding hydrogens is 288 g/mol. The second kappa shape index (κ2) is 7.78. The Balaban J connectivity index is 2.35. The Labute approximate surface area is 140 Å². The lowest BCUT2D eigenvalue weighted by molar-refractivity contribution is -0.0753. The Kier molecular flexibility index (Phi) is 6.24. The third-order valence-corrected chi connectivity index (χ3v) is 5.64. The second-order valence-electron chi connectivity index (χ2n) is 7.64. The maximum Gasteiger partial charge on any atom is 0.0892 e. The monoisotopic (exact) mass is 320 g/mol. The number of rotatable bonds is 1. The topological polar surface area (TPSA) is 60.7 Å². The molecule has 0 heterocycles. The SMILES string of the molecule is C/C1=C/CC[C@]2(C)C=C(CO)[C@@H](CC/C(C)=C\CC1)[C@@H](O)[C@H]2O. The molecule has 0 unspecified atom stereocenters. The van der Waals surface area contributed by atoms with Crippen molar-refractivity contribution in [1.29, 1.82) is 0 Å². The molecule has 0 fully saturated rings. The number of hydrogen-bond donors (Lipinski definition) is 3. The second-order valence-corrected chi connectivity index (χ2v) is 7.64. The normalized spacial score (nSPS) is 41.3. The number of hydrogen-bond acceptors (Lipinski definition) is 3. The Hall–Kier alpha value is -0.900. The minimum atomic E-state index is -0.798. The third-order valence-electron chi connectivity index (χ3n) is 5.64.